The highest BCUT2D eigenvalue weighted by atomic mass is 35.5. The number of aryl methyl sites for hydroxylation is 2. The number of nitrogens with one attached hydrogen (secondary N) is 2. The number of aromatic nitrogens is 3. The summed E-state index contributed by atoms with van der Waals surface area (Å²) in [6, 6.07) is 18.4. The largest absolute Gasteiger partial charge is 0.489 e. The quantitative estimate of drug-likeness (QED) is 0.288. The van der Waals surface area contributed by atoms with Gasteiger partial charge in [-0.1, -0.05) is 59.1 Å². The number of nitrogens with zero attached hydrogens (tertiary/aromatic N) is 3. The number of fused-ring (bicyclic) bond motifs is 1. The Morgan fingerprint density at radius 1 is 1.05 bits per heavy atom. The molecule has 0 saturated heterocycles. The molecule has 0 aliphatic carbocycles. The fourth-order valence-electron chi connectivity index (χ4n) is 4.41. The Morgan fingerprint density at radius 2 is 1.78 bits per heavy atom. The van der Waals surface area contributed by atoms with Crippen molar-refractivity contribution in [2.45, 2.75) is 33.4 Å². The maximum Gasteiger partial charge on any atom is 0.255 e. The van der Waals surface area contributed by atoms with Crippen molar-refractivity contribution in [2.75, 3.05) is 10.6 Å². The first kappa shape index (κ1) is 24.9. The van der Waals surface area contributed by atoms with Gasteiger partial charge in [-0.2, -0.15) is 10.1 Å². The summed E-state index contributed by atoms with van der Waals surface area (Å²) >= 11 is 12.5. The second-order valence-electron chi connectivity index (χ2n) is 8.92. The van der Waals surface area contributed by atoms with Gasteiger partial charge >= 0.3 is 0 Å². The molecule has 1 amide bonds. The first-order valence-electron chi connectivity index (χ1n) is 11.7. The van der Waals surface area contributed by atoms with Gasteiger partial charge in [-0.25, -0.2) is 4.68 Å². The SMILES string of the molecule is CC1=C(C(=O)Nc2ccc(C)cc2C)C(c2ccc(OCc3c(Cl)cccc3Cl)cc2)n2ncnc2N1. The molecule has 1 unspecified atom stereocenters. The second-order valence-corrected chi connectivity index (χ2v) is 9.74. The second kappa shape index (κ2) is 10.3. The maximum absolute atomic E-state index is 13.6. The van der Waals surface area contributed by atoms with Crippen molar-refractivity contribution in [3.63, 3.8) is 0 Å². The van der Waals surface area contributed by atoms with E-state index in [1.807, 2.05) is 63.2 Å². The Balaban J connectivity index is 1.42. The van der Waals surface area contributed by atoms with Crippen LogP contribution in [0.4, 0.5) is 11.6 Å². The molecule has 2 N–H and O–H groups in total. The topological polar surface area (TPSA) is 81.1 Å². The minimum Gasteiger partial charge on any atom is -0.489 e. The Hall–Kier alpha value is -3.81. The van der Waals surface area contributed by atoms with E-state index in [0.29, 0.717) is 33.0 Å². The maximum atomic E-state index is 13.6. The summed E-state index contributed by atoms with van der Waals surface area (Å²) in [5.41, 5.74) is 5.74. The first-order chi connectivity index (χ1) is 17.8. The van der Waals surface area contributed by atoms with Gasteiger partial charge in [-0.05, 0) is 62.2 Å². The van der Waals surface area contributed by atoms with Crippen LogP contribution in [0.3, 0.4) is 0 Å². The van der Waals surface area contributed by atoms with Crippen LogP contribution in [0.1, 0.15) is 35.2 Å². The minimum atomic E-state index is -0.475. The van der Waals surface area contributed by atoms with E-state index in [-0.39, 0.29) is 12.5 Å². The molecule has 5 rings (SSSR count). The van der Waals surface area contributed by atoms with Gasteiger partial charge in [0.25, 0.3) is 5.91 Å². The molecule has 2 heterocycles. The van der Waals surface area contributed by atoms with Crippen molar-refractivity contribution in [3.05, 3.63) is 111 Å². The Morgan fingerprint density at radius 3 is 2.49 bits per heavy atom. The lowest BCUT2D eigenvalue weighted by atomic mass is 9.94. The monoisotopic (exact) mass is 533 g/mol. The van der Waals surface area contributed by atoms with Crippen molar-refractivity contribution >= 4 is 40.7 Å². The zero-order valence-electron chi connectivity index (χ0n) is 20.5. The number of halogens is 2. The highest BCUT2D eigenvalue weighted by Gasteiger charge is 2.33. The zero-order chi connectivity index (χ0) is 26.1. The standard InChI is InChI=1S/C28H25Cl2N5O2/c1-16-7-12-24(17(2)13-16)34-27(36)25-18(3)33-28-31-15-32-35(28)26(25)19-8-10-20(11-9-19)37-14-21-22(29)5-4-6-23(21)30/h4-13,15,26H,14H2,1-3H3,(H,34,36)(H,31,32,33). The predicted molar refractivity (Wildman–Crippen MR) is 146 cm³/mol. The summed E-state index contributed by atoms with van der Waals surface area (Å²) in [6.07, 6.45) is 1.47. The molecular formula is C28H25Cl2N5O2. The molecular weight excluding hydrogens is 509 g/mol. The Labute approximate surface area is 225 Å². The lowest BCUT2D eigenvalue weighted by Crippen LogP contribution is -2.31. The van der Waals surface area contributed by atoms with Crippen molar-refractivity contribution in [1.29, 1.82) is 0 Å². The molecule has 0 bridgehead atoms. The van der Waals surface area contributed by atoms with E-state index in [9.17, 15) is 4.79 Å². The van der Waals surface area contributed by atoms with Crippen LogP contribution in [0.25, 0.3) is 0 Å². The van der Waals surface area contributed by atoms with E-state index in [4.69, 9.17) is 27.9 Å². The third-order valence-electron chi connectivity index (χ3n) is 6.31. The van der Waals surface area contributed by atoms with Crippen LogP contribution in [0.15, 0.2) is 78.3 Å². The minimum absolute atomic E-state index is 0.211. The number of anilines is 2. The lowest BCUT2D eigenvalue weighted by molar-refractivity contribution is -0.113. The molecule has 0 saturated carbocycles. The molecule has 7 nitrogen and oxygen atoms in total. The highest BCUT2D eigenvalue weighted by Crippen LogP contribution is 2.36. The first-order valence-corrected chi connectivity index (χ1v) is 12.5. The van der Waals surface area contributed by atoms with Gasteiger partial charge in [0, 0.05) is 27.0 Å². The van der Waals surface area contributed by atoms with Gasteiger partial charge in [0.1, 0.15) is 24.7 Å². The van der Waals surface area contributed by atoms with Gasteiger partial charge in [0.05, 0.1) is 5.57 Å². The molecule has 3 aromatic carbocycles. The molecule has 1 aromatic heterocycles. The number of carbonyl (C=O) groups is 1. The zero-order valence-corrected chi connectivity index (χ0v) is 22.1. The summed E-state index contributed by atoms with van der Waals surface area (Å²) in [4.78, 5) is 17.9. The van der Waals surface area contributed by atoms with E-state index >= 15 is 0 Å². The van der Waals surface area contributed by atoms with Crippen LogP contribution < -0.4 is 15.4 Å². The summed E-state index contributed by atoms with van der Waals surface area (Å²) in [6.45, 7) is 6.10. The van der Waals surface area contributed by atoms with Gasteiger partial charge in [0.15, 0.2) is 0 Å². The van der Waals surface area contributed by atoms with Crippen LogP contribution >= 0.6 is 23.2 Å². The Bertz CT molecular complexity index is 1490. The molecule has 1 atom stereocenters. The van der Waals surface area contributed by atoms with Crippen molar-refractivity contribution < 1.29 is 9.53 Å². The number of allylic oxidation sites excluding steroid dienone is 1. The van der Waals surface area contributed by atoms with Gasteiger partial charge in [-0.3, -0.25) is 4.79 Å². The predicted octanol–water partition coefficient (Wildman–Crippen LogP) is 6.71. The van der Waals surface area contributed by atoms with Gasteiger partial charge in [-0.15, -0.1) is 0 Å². The van der Waals surface area contributed by atoms with E-state index in [1.54, 1.807) is 22.9 Å². The third-order valence-corrected chi connectivity index (χ3v) is 7.02. The smallest absolute Gasteiger partial charge is 0.255 e. The van der Waals surface area contributed by atoms with Crippen LogP contribution in [0.2, 0.25) is 10.0 Å². The summed E-state index contributed by atoms with van der Waals surface area (Å²) < 4.78 is 7.65. The molecule has 37 heavy (non-hydrogen) atoms. The average molecular weight is 534 g/mol. The van der Waals surface area contributed by atoms with E-state index in [0.717, 1.165) is 27.9 Å². The summed E-state index contributed by atoms with van der Waals surface area (Å²) in [5, 5.41) is 11.8. The van der Waals surface area contributed by atoms with Crippen LogP contribution in [-0.2, 0) is 11.4 Å². The molecule has 1 aliphatic rings. The number of rotatable bonds is 6. The molecule has 0 fully saturated rings. The summed E-state index contributed by atoms with van der Waals surface area (Å²) in [5.74, 6) is 1.01. The number of amides is 1. The molecule has 1 aliphatic heterocycles. The molecule has 4 aromatic rings. The highest BCUT2D eigenvalue weighted by molar-refractivity contribution is 6.35. The van der Waals surface area contributed by atoms with E-state index in [1.165, 1.54) is 6.33 Å². The lowest BCUT2D eigenvalue weighted by Gasteiger charge is -2.29. The van der Waals surface area contributed by atoms with Crippen molar-refractivity contribution in [3.8, 4) is 5.75 Å². The van der Waals surface area contributed by atoms with Gasteiger partial charge in [0.2, 0.25) is 5.95 Å². The molecule has 9 heteroatoms. The van der Waals surface area contributed by atoms with Gasteiger partial charge < -0.3 is 15.4 Å². The summed E-state index contributed by atoms with van der Waals surface area (Å²) in [7, 11) is 0. The molecule has 188 valence electrons. The van der Waals surface area contributed by atoms with Crippen LogP contribution in [-0.4, -0.2) is 20.7 Å². The molecule has 0 spiro atoms. The number of hydrogen-bond donors (Lipinski definition) is 2. The van der Waals surface area contributed by atoms with Crippen molar-refractivity contribution in [2.24, 2.45) is 0 Å². The van der Waals surface area contributed by atoms with E-state index < -0.39 is 6.04 Å². The number of benzene rings is 3. The van der Waals surface area contributed by atoms with E-state index in [2.05, 4.69) is 20.7 Å². The normalized spacial score (nSPS) is 14.7. The Kier molecular flexibility index (Phi) is 6.91. The number of ether oxygens (including phenoxy) is 1. The number of hydrogen-bond acceptors (Lipinski definition) is 5. The number of carbonyl (C=O) groups excluding carboxylic acids is 1. The third kappa shape index (κ3) is 5.05. The average Bonchev–Trinajstić information content (AvgIpc) is 3.33. The van der Waals surface area contributed by atoms with Crippen LogP contribution in [0, 0.1) is 13.8 Å². The molecule has 0 radical (unpaired) electrons. The van der Waals surface area contributed by atoms with Crippen molar-refractivity contribution in [1.82, 2.24) is 14.8 Å². The fraction of sp³-hybridized carbons (Fsp3) is 0.179. The fourth-order valence-corrected chi connectivity index (χ4v) is 4.92. The van der Waals surface area contributed by atoms with Crippen LogP contribution in [0.5, 0.6) is 5.75 Å².